The quantitative estimate of drug-likeness (QED) is 0.838. The van der Waals surface area contributed by atoms with Crippen molar-refractivity contribution in [2.24, 2.45) is 5.73 Å². The topological polar surface area (TPSA) is 55.6 Å². The van der Waals surface area contributed by atoms with Crippen LogP contribution in [0, 0.1) is 6.92 Å². The lowest BCUT2D eigenvalue weighted by Crippen LogP contribution is -2.32. The molecule has 1 aliphatic rings. The third-order valence-electron chi connectivity index (χ3n) is 2.89. The van der Waals surface area contributed by atoms with Gasteiger partial charge in [0.2, 0.25) is 0 Å². The zero-order valence-corrected chi connectivity index (χ0v) is 9.35. The highest BCUT2D eigenvalue weighted by Crippen LogP contribution is 2.29. The van der Waals surface area contributed by atoms with Gasteiger partial charge in [0.1, 0.15) is 6.61 Å². The summed E-state index contributed by atoms with van der Waals surface area (Å²) >= 11 is 0. The molecule has 1 aromatic rings. The molecule has 1 atom stereocenters. The lowest BCUT2D eigenvalue weighted by molar-refractivity contribution is 0.158. The van der Waals surface area contributed by atoms with E-state index in [0.717, 1.165) is 5.56 Å². The Morgan fingerprint density at radius 1 is 1.50 bits per heavy atom. The molecule has 86 valence electrons. The number of benzene rings is 1. The Balaban J connectivity index is 2.27. The summed E-state index contributed by atoms with van der Waals surface area (Å²) < 4.78 is 5.07. The molecule has 1 aliphatic heterocycles. The van der Waals surface area contributed by atoms with Gasteiger partial charge >= 0.3 is 6.09 Å². The van der Waals surface area contributed by atoms with Crippen molar-refractivity contribution in [1.29, 1.82) is 0 Å². The Bertz CT molecular complexity index is 392. The molecule has 0 spiro atoms. The van der Waals surface area contributed by atoms with Crippen molar-refractivity contribution in [2.45, 2.75) is 13.0 Å². The Morgan fingerprint density at radius 3 is 2.94 bits per heavy atom. The second kappa shape index (κ2) is 4.53. The van der Waals surface area contributed by atoms with Gasteiger partial charge in [-0.25, -0.2) is 4.79 Å². The molecule has 1 unspecified atom stereocenters. The third kappa shape index (κ3) is 1.88. The average Bonchev–Trinajstić information content (AvgIpc) is 2.62. The summed E-state index contributed by atoms with van der Waals surface area (Å²) in [4.78, 5) is 13.2. The number of hydrogen-bond acceptors (Lipinski definition) is 3. The first-order valence-corrected chi connectivity index (χ1v) is 5.43. The monoisotopic (exact) mass is 220 g/mol. The number of nitrogens with zero attached hydrogens (tertiary/aromatic N) is 1. The minimum absolute atomic E-state index is 0.0113. The average molecular weight is 220 g/mol. The van der Waals surface area contributed by atoms with Crippen molar-refractivity contribution in [3.8, 4) is 0 Å². The van der Waals surface area contributed by atoms with Crippen LogP contribution in [0.1, 0.15) is 17.2 Å². The highest BCUT2D eigenvalue weighted by atomic mass is 16.6. The van der Waals surface area contributed by atoms with E-state index in [4.69, 9.17) is 10.5 Å². The fraction of sp³-hybridized carbons (Fsp3) is 0.417. The van der Waals surface area contributed by atoms with Gasteiger partial charge in [-0.05, 0) is 18.1 Å². The highest BCUT2D eigenvalue weighted by molar-refractivity contribution is 5.70. The molecule has 4 heteroatoms. The first-order chi connectivity index (χ1) is 7.74. The zero-order chi connectivity index (χ0) is 11.5. The van der Waals surface area contributed by atoms with Crippen molar-refractivity contribution >= 4 is 6.09 Å². The summed E-state index contributed by atoms with van der Waals surface area (Å²) in [5.41, 5.74) is 7.81. The molecule has 1 fully saturated rings. The molecule has 4 nitrogen and oxygen atoms in total. The van der Waals surface area contributed by atoms with Crippen molar-refractivity contribution in [2.75, 3.05) is 19.7 Å². The van der Waals surface area contributed by atoms with Crippen LogP contribution >= 0.6 is 0 Å². The number of nitrogens with two attached hydrogens (primary N) is 1. The predicted molar refractivity (Wildman–Crippen MR) is 61.0 cm³/mol. The maximum Gasteiger partial charge on any atom is 0.410 e. The van der Waals surface area contributed by atoms with Gasteiger partial charge in [-0.3, -0.25) is 4.90 Å². The molecule has 0 aliphatic carbocycles. The van der Waals surface area contributed by atoms with E-state index in [1.807, 2.05) is 31.2 Å². The van der Waals surface area contributed by atoms with Gasteiger partial charge < -0.3 is 10.5 Å². The number of amides is 1. The van der Waals surface area contributed by atoms with Crippen molar-refractivity contribution in [3.63, 3.8) is 0 Å². The summed E-state index contributed by atoms with van der Waals surface area (Å²) in [5.74, 6) is 0. The van der Waals surface area contributed by atoms with E-state index in [-0.39, 0.29) is 12.1 Å². The standard InChI is InChI=1S/C12H16N2O2/c1-9-4-2-3-5-10(9)11-8-16-12(15)14(11)7-6-13/h2-5,11H,6-8,13H2,1H3. The Morgan fingerprint density at radius 2 is 2.25 bits per heavy atom. The Hall–Kier alpha value is -1.55. The minimum atomic E-state index is -0.265. The van der Waals surface area contributed by atoms with E-state index in [9.17, 15) is 4.79 Å². The molecule has 1 heterocycles. The number of cyclic esters (lactones) is 1. The van der Waals surface area contributed by atoms with Gasteiger partial charge in [0, 0.05) is 13.1 Å². The molecule has 2 rings (SSSR count). The number of ether oxygens (including phenoxy) is 1. The van der Waals surface area contributed by atoms with Crippen molar-refractivity contribution in [3.05, 3.63) is 35.4 Å². The summed E-state index contributed by atoms with van der Waals surface area (Å²) in [5, 5.41) is 0. The van der Waals surface area contributed by atoms with Crippen LogP contribution in [0.3, 0.4) is 0 Å². The predicted octanol–water partition coefficient (Wildman–Crippen LogP) is 1.45. The summed E-state index contributed by atoms with van der Waals surface area (Å²) in [6.07, 6.45) is -0.265. The fourth-order valence-corrected chi connectivity index (χ4v) is 2.05. The molecule has 0 bridgehead atoms. The molecular formula is C12H16N2O2. The molecule has 1 amide bonds. The molecule has 2 N–H and O–H groups in total. The van der Waals surface area contributed by atoms with Gasteiger partial charge in [0.25, 0.3) is 0 Å². The number of carbonyl (C=O) groups excluding carboxylic acids is 1. The third-order valence-corrected chi connectivity index (χ3v) is 2.89. The molecule has 1 aromatic carbocycles. The van der Waals surface area contributed by atoms with Crippen LogP contribution < -0.4 is 5.73 Å². The molecular weight excluding hydrogens is 204 g/mol. The van der Waals surface area contributed by atoms with E-state index in [2.05, 4.69) is 0 Å². The Labute approximate surface area is 95.0 Å². The Kier molecular flexibility index (Phi) is 3.10. The van der Waals surface area contributed by atoms with E-state index in [1.54, 1.807) is 4.90 Å². The maximum absolute atomic E-state index is 11.5. The lowest BCUT2D eigenvalue weighted by atomic mass is 10.0. The van der Waals surface area contributed by atoms with Gasteiger partial charge in [-0.1, -0.05) is 24.3 Å². The second-order valence-corrected chi connectivity index (χ2v) is 3.93. The molecule has 0 radical (unpaired) electrons. The summed E-state index contributed by atoms with van der Waals surface area (Å²) in [6.45, 7) is 3.46. The van der Waals surface area contributed by atoms with Crippen molar-refractivity contribution in [1.82, 2.24) is 4.90 Å². The van der Waals surface area contributed by atoms with Crippen LogP contribution in [0.25, 0.3) is 0 Å². The van der Waals surface area contributed by atoms with Gasteiger partial charge in [0.15, 0.2) is 0 Å². The smallest absolute Gasteiger partial charge is 0.410 e. The number of carbonyl (C=O) groups is 1. The van der Waals surface area contributed by atoms with E-state index in [1.165, 1.54) is 5.56 Å². The zero-order valence-electron chi connectivity index (χ0n) is 9.35. The van der Waals surface area contributed by atoms with Gasteiger partial charge in [0.05, 0.1) is 6.04 Å². The second-order valence-electron chi connectivity index (χ2n) is 3.93. The van der Waals surface area contributed by atoms with Crippen LogP contribution in [0.2, 0.25) is 0 Å². The number of rotatable bonds is 3. The molecule has 0 aromatic heterocycles. The fourth-order valence-electron chi connectivity index (χ4n) is 2.05. The summed E-state index contributed by atoms with van der Waals surface area (Å²) in [6, 6.07) is 8.05. The first kappa shape index (κ1) is 11.0. The SMILES string of the molecule is Cc1ccccc1C1COC(=O)N1CCN. The number of hydrogen-bond donors (Lipinski definition) is 1. The normalized spacial score (nSPS) is 20.0. The van der Waals surface area contributed by atoms with Crippen LogP contribution in [-0.2, 0) is 4.74 Å². The van der Waals surface area contributed by atoms with Crippen LogP contribution in [-0.4, -0.2) is 30.7 Å². The maximum atomic E-state index is 11.5. The number of aryl methyl sites for hydroxylation is 1. The van der Waals surface area contributed by atoms with Crippen LogP contribution in [0.15, 0.2) is 24.3 Å². The van der Waals surface area contributed by atoms with E-state index < -0.39 is 0 Å². The van der Waals surface area contributed by atoms with Gasteiger partial charge in [-0.2, -0.15) is 0 Å². The molecule has 16 heavy (non-hydrogen) atoms. The van der Waals surface area contributed by atoms with Crippen LogP contribution in [0.5, 0.6) is 0 Å². The molecule has 1 saturated heterocycles. The summed E-state index contributed by atoms with van der Waals surface area (Å²) in [7, 11) is 0. The highest BCUT2D eigenvalue weighted by Gasteiger charge is 2.33. The molecule has 0 saturated carbocycles. The van der Waals surface area contributed by atoms with Crippen LogP contribution in [0.4, 0.5) is 4.79 Å². The van der Waals surface area contributed by atoms with Crippen molar-refractivity contribution < 1.29 is 9.53 Å². The first-order valence-electron chi connectivity index (χ1n) is 5.43. The van der Waals surface area contributed by atoms with Gasteiger partial charge in [-0.15, -0.1) is 0 Å². The minimum Gasteiger partial charge on any atom is -0.447 e. The van der Waals surface area contributed by atoms with E-state index in [0.29, 0.717) is 19.7 Å². The largest absolute Gasteiger partial charge is 0.447 e. The van der Waals surface area contributed by atoms with E-state index >= 15 is 0 Å². The lowest BCUT2D eigenvalue weighted by Gasteiger charge is -2.22.